The second kappa shape index (κ2) is 14.3. The van der Waals surface area contributed by atoms with Crippen molar-refractivity contribution in [2.24, 2.45) is 4.99 Å². The van der Waals surface area contributed by atoms with Crippen LogP contribution in [-0.4, -0.2) is 29.7 Å². The van der Waals surface area contributed by atoms with Gasteiger partial charge in [-0.25, -0.2) is 14.6 Å². The number of fused-ring (bicyclic) bond motifs is 1. The van der Waals surface area contributed by atoms with Gasteiger partial charge in [0.1, 0.15) is 12.4 Å². The summed E-state index contributed by atoms with van der Waals surface area (Å²) >= 11 is 7.04. The lowest BCUT2D eigenvalue weighted by molar-refractivity contribution is -0.139. The summed E-state index contributed by atoms with van der Waals surface area (Å²) in [6.07, 6.45) is 1.80. The Balaban J connectivity index is 1.56. The van der Waals surface area contributed by atoms with Gasteiger partial charge >= 0.3 is 11.9 Å². The molecule has 0 fully saturated rings. The number of aromatic nitrogens is 1. The van der Waals surface area contributed by atoms with E-state index >= 15 is 0 Å². The number of rotatable bonds is 9. The molecule has 0 bridgehead atoms. The van der Waals surface area contributed by atoms with Crippen molar-refractivity contribution in [3.63, 3.8) is 0 Å². The first-order chi connectivity index (χ1) is 21.6. The van der Waals surface area contributed by atoms with Crippen LogP contribution in [0.4, 0.5) is 0 Å². The van der Waals surface area contributed by atoms with Crippen LogP contribution in [0.1, 0.15) is 59.4 Å². The minimum absolute atomic E-state index is 0.209. The highest BCUT2D eigenvalue weighted by atomic mass is 127. The van der Waals surface area contributed by atoms with Crippen LogP contribution in [0.5, 0.6) is 5.75 Å². The largest absolute Gasteiger partial charge is 0.487 e. The first-order valence-electron chi connectivity index (χ1n) is 14.2. The van der Waals surface area contributed by atoms with Crippen LogP contribution < -0.4 is 19.6 Å². The molecule has 1 aliphatic heterocycles. The predicted octanol–water partition coefficient (Wildman–Crippen LogP) is 6.23. The number of aryl methyl sites for hydroxylation is 1. The molecule has 5 rings (SSSR count). The Morgan fingerprint density at radius 2 is 1.67 bits per heavy atom. The van der Waals surface area contributed by atoms with Crippen molar-refractivity contribution >= 4 is 67.9 Å². The summed E-state index contributed by atoms with van der Waals surface area (Å²) in [5, 5.41) is 0. The third-order valence-electron chi connectivity index (χ3n) is 7.08. The minimum atomic E-state index is -0.681. The molecule has 0 amide bonds. The molecule has 11 heteroatoms. The summed E-state index contributed by atoms with van der Waals surface area (Å²) < 4.78 is 20.5. The standard InChI is InChI=1S/C34H30BrIN2O6S/c1-5-42-32(40)23-13-9-21(10-14-23)18-44-30-24(15-25(35)17-26(30)36)16-27-31(39)38-29(22-11-7-19(3)8-12-22)28(33(41)43-6-2)20(4)37-34(38)45-27/h7-17,29H,5-6,18H2,1-4H3/b27-16-/t29-/m0/s1. The van der Waals surface area contributed by atoms with E-state index in [0.717, 1.165) is 24.7 Å². The Morgan fingerprint density at radius 1 is 1.00 bits per heavy atom. The number of ether oxygens (including phenoxy) is 3. The molecule has 45 heavy (non-hydrogen) atoms. The van der Waals surface area contributed by atoms with Gasteiger partial charge in [-0.15, -0.1) is 0 Å². The number of thiazole rings is 1. The summed E-state index contributed by atoms with van der Waals surface area (Å²) in [6.45, 7) is 8.04. The van der Waals surface area contributed by atoms with E-state index in [4.69, 9.17) is 14.2 Å². The molecule has 1 aliphatic rings. The fourth-order valence-electron chi connectivity index (χ4n) is 4.94. The van der Waals surface area contributed by atoms with Crippen molar-refractivity contribution in [3.05, 3.63) is 127 Å². The van der Waals surface area contributed by atoms with Gasteiger partial charge in [-0.1, -0.05) is 69.2 Å². The first-order valence-corrected chi connectivity index (χ1v) is 16.9. The topological polar surface area (TPSA) is 96.2 Å². The van der Waals surface area contributed by atoms with E-state index in [2.05, 4.69) is 43.5 Å². The van der Waals surface area contributed by atoms with Crippen LogP contribution in [-0.2, 0) is 20.9 Å². The predicted molar refractivity (Wildman–Crippen MR) is 185 cm³/mol. The smallest absolute Gasteiger partial charge is 0.338 e. The zero-order chi connectivity index (χ0) is 32.2. The molecule has 232 valence electrons. The second-order valence-corrected chi connectivity index (χ2v) is 13.3. The number of hydrogen-bond donors (Lipinski definition) is 0. The van der Waals surface area contributed by atoms with E-state index in [0.29, 0.717) is 44.1 Å². The van der Waals surface area contributed by atoms with Gasteiger partial charge in [0, 0.05) is 10.0 Å². The van der Waals surface area contributed by atoms with Gasteiger partial charge in [0.2, 0.25) is 0 Å². The summed E-state index contributed by atoms with van der Waals surface area (Å²) in [5.41, 5.74) is 4.49. The maximum atomic E-state index is 14.1. The molecule has 0 saturated heterocycles. The van der Waals surface area contributed by atoms with Gasteiger partial charge in [-0.3, -0.25) is 9.36 Å². The molecular weight excluding hydrogens is 771 g/mol. The fourth-order valence-corrected chi connectivity index (χ4v) is 7.69. The average molecular weight is 801 g/mol. The third-order valence-corrected chi connectivity index (χ3v) is 9.32. The van der Waals surface area contributed by atoms with Gasteiger partial charge in [-0.05, 0) is 91.8 Å². The highest BCUT2D eigenvalue weighted by molar-refractivity contribution is 14.1. The first kappa shape index (κ1) is 32.8. The molecule has 0 spiro atoms. The number of esters is 2. The van der Waals surface area contributed by atoms with Gasteiger partial charge in [0.25, 0.3) is 5.56 Å². The van der Waals surface area contributed by atoms with Crippen molar-refractivity contribution in [1.29, 1.82) is 0 Å². The molecule has 0 radical (unpaired) electrons. The normalized spacial score (nSPS) is 14.5. The quantitative estimate of drug-likeness (QED) is 0.147. The van der Waals surface area contributed by atoms with Crippen molar-refractivity contribution in [1.82, 2.24) is 4.57 Å². The van der Waals surface area contributed by atoms with Crippen LogP contribution in [0, 0.1) is 10.5 Å². The van der Waals surface area contributed by atoms with Crippen molar-refractivity contribution in [2.75, 3.05) is 13.2 Å². The molecular formula is C34H30BrIN2O6S. The number of allylic oxidation sites excluding steroid dienone is 1. The highest BCUT2D eigenvalue weighted by Gasteiger charge is 2.33. The number of carbonyl (C=O) groups is 2. The maximum absolute atomic E-state index is 14.1. The van der Waals surface area contributed by atoms with Crippen LogP contribution in [0.25, 0.3) is 6.08 Å². The van der Waals surface area contributed by atoms with Crippen LogP contribution in [0.3, 0.4) is 0 Å². The lowest BCUT2D eigenvalue weighted by Crippen LogP contribution is -2.39. The van der Waals surface area contributed by atoms with Gasteiger partial charge in [0.05, 0.1) is 44.2 Å². The highest BCUT2D eigenvalue weighted by Crippen LogP contribution is 2.33. The number of benzene rings is 3. The monoisotopic (exact) mass is 800 g/mol. The molecule has 1 aromatic heterocycles. The Labute approximate surface area is 286 Å². The van der Waals surface area contributed by atoms with E-state index in [1.54, 1.807) is 43.5 Å². The number of nitrogens with zero attached hydrogens (tertiary/aromatic N) is 2. The second-order valence-electron chi connectivity index (χ2n) is 10.2. The van der Waals surface area contributed by atoms with Crippen molar-refractivity contribution < 1.29 is 23.8 Å². The number of hydrogen-bond acceptors (Lipinski definition) is 8. The maximum Gasteiger partial charge on any atom is 0.338 e. The lowest BCUT2D eigenvalue weighted by atomic mass is 9.95. The van der Waals surface area contributed by atoms with Crippen molar-refractivity contribution in [2.45, 2.75) is 40.3 Å². The summed E-state index contributed by atoms with van der Waals surface area (Å²) in [4.78, 5) is 44.5. The SMILES string of the molecule is CCOC(=O)C1=C(C)N=c2s/c(=C\c3cc(Br)cc(I)c3OCc3ccc(C(=O)OCC)cc3)c(=O)n2[C@H]1c1ccc(C)cc1. The van der Waals surface area contributed by atoms with E-state index in [9.17, 15) is 14.4 Å². The molecule has 2 heterocycles. The summed E-state index contributed by atoms with van der Waals surface area (Å²) in [6, 6.07) is 18.0. The molecule has 0 saturated carbocycles. The average Bonchev–Trinajstić information content (AvgIpc) is 3.30. The fraction of sp³-hybridized carbons (Fsp3) is 0.235. The van der Waals surface area contributed by atoms with Gasteiger partial charge in [0.15, 0.2) is 4.80 Å². The van der Waals surface area contributed by atoms with Crippen LogP contribution >= 0.6 is 49.9 Å². The van der Waals surface area contributed by atoms with Gasteiger partial charge < -0.3 is 14.2 Å². The molecule has 0 unspecified atom stereocenters. The Bertz CT molecular complexity index is 1980. The molecule has 1 atom stereocenters. The van der Waals surface area contributed by atoms with E-state index in [1.807, 2.05) is 55.5 Å². The number of halogens is 2. The molecule has 0 aliphatic carbocycles. The lowest BCUT2D eigenvalue weighted by Gasteiger charge is -2.24. The third kappa shape index (κ3) is 7.15. The molecule has 4 aromatic rings. The van der Waals surface area contributed by atoms with Gasteiger partial charge in [-0.2, -0.15) is 0 Å². The minimum Gasteiger partial charge on any atom is -0.487 e. The van der Waals surface area contributed by atoms with Crippen LogP contribution in [0.2, 0.25) is 0 Å². The van der Waals surface area contributed by atoms with E-state index in [1.165, 1.54) is 11.3 Å². The number of carbonyl (C=O) groups excluding carboxylic acids is 2. The zero-order valence-corrected chi connectivity index (χ0v) is 29.6. The Hall–Kier alpha value is -3.55. The summed E-state index contributed by atoms with van der Waals surface area (Å²) in [5.74, 6) is -0.255. The van der Waals surface area contributed by atoms with E-state index < -0.39 is 12.0 Å². The molecule has 0 N–H and O–H groups in total. The van der Waals surface area contributed by atoms with Crippen LogP contribution in [0.15, 0.2) is 86.2 Å². The Kier molecular flexibility index (Phi) is 10.4. The Morgan fingerprint density at radius 3 is 2.33 bits per heavy atom. The molecule has 3 aromatic carbocycles. The molecule has 8 nitrogen and oxygen atoms in total. The summed E-state index contributed by atoms with van der Waals surface area (Å²) in [7, 11) is 0. The van der Waals surface area contributed by atoms with E-state index in [-0.39, 0.29) is 24.7 Å². The van der Waals surface area contributed by atoms with Crippen molar-refractivity contribution in [3.8, 4) is 5.75 Å². The zero-order valence-electron chi connectivity index (χ0n) is 25.1.